The molecule has 0 spiro atoms. The Hall–Kier alpha value is -1.66. The fourth-order valence-electron chi connectivity index (χ4n) is 3.02. The normalized spacial score (nSPS) is 18.0. The zero-order valence-electron chi connectivity index (χ0n) is 13.9. The first-order valence-electron chi connectivity index (χ1n) is 8.34. The van der Waals surface area contributed by atoms with Crippen molar-refractivity contribution < 1.29 is 4.79 Å². The number of carbonyl (C=O) groups is 1. The lowest BCUT2D eigenvalue weighted by Crippen LogP contribution is -2.37. The summed E-state index contributed by atoms with van der Waals surface area (Å²) >= 11 is 3.36. The van der Waals surface area contributed by atoms with Crippen molar-refractivity contribution in [3.63, 3.8) is 0 Å². The Morgan fingerprint density at radius 3 is 2.88 bits per heavy atom. The quantitative estimate of drug-likeness (QED) is 0.824. The largest absolute Gasteiger partial charge is 0.352 e. The lowest BCUT2D eigenvalue weighted by molar-refractivity contribution is -0.122. The smallest absolute Gasteiger partial charge is 0.222 e. The van der Waals surface area contributed by atoms with Crippen molar-refractivity contribution in [3.05, 3.63) is 52.3 Å². The Bertz CT molecular complexity index is 683. The minimum atomic E-state index is 0.101. The maximum absolute atomic E-state index is 12.1. The van der Waals surface area contributed by atoms with E-state index in [9.17, 15) is 4.79 Å². The van der Waals surface area contributed by atoms with Crippen molar-refractivity contribution >= 4 is 21.8 Å². The summed E-state index contributed by atoms with van der Waals surface area (Å²) in [5.74, 6) is 0.101. The van der Waals surface area contributed by atoms with Gasteiger partial charge in [0, 0.05) is 44.8 Å². The average molecular weight is 391 g/mol. The summed E-state index contributed by atoms with van der Waals surface area (Å²) in [6.07, 6.45) is 5.09. The number of hydrogen-bond acceptors (Lipinski definition) is 3. The molecule has 2 aromatic rings. The Morgan fingerprint density at radius 1 is 1.38 bits per heavy atom. The zero-order valence-corrected chi connectivity index (χ0v) is 15.5. The summed E-state index contributed by atoms with van der Waals surface area (Å²) in [5.41, 5.74) is 2.62. The van der Waals surface area contributed by atoms with Crippen molar-refractivity contribution in [2.45, 2.75) is 38.9 Å². The van der Waals surface area contributed by atoms with Crippen LogP contribution in [0.5, 0.6) is 0 Å². The Kier molecular flexibility index (Phi) is 5.68. The van der Waals surface area contributed by atoms with Gasteiger partial charge in [-0.05, 0) is 34.8 Å². The number of rotatable bonds is 6. The van der Waals surface area contributed by atoms with Gasteiger partial charge in [0.1, 0.15) is 0 Å². The first-order valence-corrected chi connectivity index (χ1v) is 9.13. The second-order valence-corrected chi connectivity index (χ2v) is 7.36. The molecule has 24 heavy (non-hydrogen) atoms. The van der Waals surface area contributed by atoms with Gasteiger partial charge in [0.2, 0.25) is 5.91 Å². The fourth-order valence-corrected chi connectivity index (χ4v) is 3.35. The molecular weight excluding hydrogens is 368 g/mol. The maximum atomic E-state index is 12.1. The first-order chi connectivity index (χ1) is 11.6. The summed E-state index contributed by atoms with van der Waals surface area (Å²) in [7, 11) is 0. The SMILES string of the molecule is Cc1ccc(CN2CCC(NC(=O)CCn3cc(Br)cn3)C2)cc1. The van der Waals surface area contributed by atoms with Crippen LogP contribution in [0.25, 0.3) is 0 Å². The standard InChI is InChI=1S/C18H23BrN4O/c1-14-2-4-15(5-3-14)11-22-8-6-17(13-22)21-18(24)7-9-23-12-16(19)10-20-23/h2-5,10,12,17H,6-9,11,13H2,1H3,(H,21,24). The van der Waals surface area contributed by atoms with Crippen LogP contribution >= 0.6 is 15.9 Å². The summed E-state index contributed by atoms with van der Waals surface area (Å²) < 4.78 is 2.72. The molecule has 1 atom stereocenters. The molecule has 1 unspecified atom stereocenters. The monoisotopic (exact) mass is 390 g/mol. The molecule has 0 aliphatic carbocycles. The van der Waals surface area contributed by atoms with E-state index in [2.05, 4.69) is 62.4 Å². The number of hydrogen-bond donors (Lipinski definition) is 1. The third-order valence-electron chi connectivity index (χ3n) is 4.33. The van der Waals surface area contributed by atoms with Gasteiger partial charge in [0.25, 0.3) is 0 Å². The van der Waals surface area contributed by atoms with Crippen LogP contribution in [0, 0.1) is 6.92 Å². The van der Waals surface area contributed by atoms with Crippen molar-refractivity contribution in [1.29, 1.82) is 0 Å². The number of nitrogens with zero attached hydrogens (tertiary/aromatic N) is 3. The van der Waals surface area contributed by atoms with Gasteiger partial charge in [-0.25, -0.2) is 0 Å². The molecule has 3 rings (SSSR count). The summed E-state index contributed by atoms with van der Waals surface area (Å²) in [6.45, 7) is 5.62. The van der Waals surface area contributed by atoms with Crippen LogP contribution in [0.15, 0.2) is 41.1 Å². The number of benzene rings is 1. The minimum Gasteiger partial charge on any atom is -0.352 e. The second kappa shape index (κ2) is 7.94. The molecule has 128 valence electrons. The zero-order chi connectivity index (χ0) is 16.9. The second-order valence-electron chi connectivity index (χ2n) is 6.45. The fraction of sp³-hybridized carbons (Fsp3) is 0.444. The van der Waals surface area contributed by atoms with Crippen molar-refractivity contribution in [1.82, 2.24) is 20.0 Å². The molecule has 1 aliphatic heterocycles. The van der Waals surface area contributed by atoms with Crippen LogP contribution in [0.1, 0.15) is 24.0 Å². The van der Waals surface area contributed by atoms with Crippen molar-refractivity contribution in [3.8, 4) is 0 Å². The van der Waals surface area contributed by atoms with Gasteiger partial charge in [-0.2, -0.15) is 5.10 Å². The van der Waals surface area contributed by atoms with Gasteiger partial charge in [-0.15, -0.1) is 0 Å². The van der Waals surface area contributed by atoms with Gasteiger partial charge >= 0.3 is 0 Å². The van der Waals surface area contributed by atoms with Crippen molar-refractivity contribution in [2.24, 2.45) is 0 Å². The highest BCUT2D eigenvalue weighted by atomic mass is 79.9. The third kappa shape index (κ3) is 4.92. The summed E-state index contributed by atoms with van der Waals surface area (Å²) in [5, 5.41) is 7.31. The van der Waals surface area contributed by atoms with E-state index in [4.69, 9.17) is 0 Å². The van der Waals surface area contributed by atoms with Crippen LogP contribution in [-0.4, -0.2) is 39.7 Å². The van der Waals surface area contributed by atoms with Gasteiger partial charge < -0.3 is 5.32 Å². The highest BCUT2D eigenvalue weighted by Gasteiger charge is 2.23. The number of halogens is 1. The number of carbonyl (C=O) groups excluding carboxylic acids is 1. The minimum absolute atomic E-state index is 0.101. The molecule has 1 amide bonds. The van der Waals surface area contributed by atoms with E-state index in [1.807, 2.05) is 6.20 Å². The highest BCUT2D eigenvalue weighted by Crippen LogP contribution is 2.14. The lowest BCUT2D eigenvalue weighted by Gasteiger charge is -2.17. The molecule has 1 N–H and O–H groups in total. The molecule has 0 saturated carbocycles. The lowest BCUT2D eigenvalue weighted by atomic mass is 10.1. The molecule has 1 aromatic carbocycles. The summed E-state index contributed by atoms with van der Waals surface area (Å²) in [4.78, 5) is 14.5. The van der Waals surface area contributed by atoms with Gasteiger partial charge in [0.15, 0.2) is 0 Å². The molecule has 0 bridgehead atoms. The summed E-state index contributed by atoms with van der Waals surface area (Å²) in [6, 6.07) is 8.93. The average Bonchev–Trinajstić information content (AvgIpc) is 3.17. The topological polar surface area (TPSA) is 50.2 Å². The maximum Gasteiger partial charge on any atom is 0.222 e. The highest BCUT2D eigenvalue weighted by molar-refractivity contribution is 9.10. The predicted octanol–water partition coefficient (Wildman–Crippen LogP) is 2.73. The van der Waals surface area contributed by atoms with Gasteiger partial charge in [0.05, 0.1) is 10.7 Å². The Morgan fingerprint density at radius 2 is 2.17 bits per heavy atom. The van der Waals surface area contributed by atoms with E-state index in [-0.39, 0.29) is 11.9 Å². The van der Waals surface area contributed by atoms with Crippen LogP contribution in [0.4, 0.5) is 0 Å². The molecule has 1 aromatic heterocycles. The van der Waals surface area contributed by atoms with Crippen LogP contribution in [-0.2, 0) is 17.9 Å². The van der Waals surface area contributed by atoms with E-state index >= 15 is 0 Å². The number of aryl methyl sites for hydroxylation is 2. The molecule has 1 aliphatic rings. The molecule has 1 saturated heterocycles. The predicted molar refractivity (Wildman–Crippen MR) is 97.5 cm³/mol. The molecule has 2 heterocycles. The van der Waals surface area contributed by atoms with Crippen molar-refractivity contribution in [2.75, 3.05) is 13.1 Å². The Labute approximate surface area is 151 Å². The molecule has 5 nitrogen and oxygen atoms in total. The Balaban J connectivity index is 1.40. The molecule has 6 heteroatoms. The van der Waals surface area contributed by atoms with Gasteiger partial charge in [-0.1, -0.05) is 29.8 Å². The van der Waals surface area contributed by atoms with E-state index in [0.717, 1.165) is 30.5 Å². The van der Waals surface area contributed by atoms with Crippen LogP contribution in [0.2, 0.25) is 0 Å². The first kappa shape index (κ1) is 17.2. The van der Waals surface area contributed by atoms with Crippen LogP contribution < -0.4 is 5.32 Å². The third-order valence-corrected chi connectivity index (χ3v) is 4.74. The molecule has 1 fully saturated rings. The van der Waals surface area contributed by atoms with E-state index in [0.29, 0.717) is 13.0 Å². The molecular formula is C18H23BrN4O. The van der Waals surface area contributed by atoms with Gasteiger partial charge in [-0.3, -0.25) is 14.4 Å². The van der Waals surface area contributed by atoms with E-state index < -0.39 is 0 Å². The van der Waals surface area contributed by atoms with E-state index in [1.165, 1.54) is 11.1 Å². The van der Waals surface area contributed by atoms with Crippen LogP contribution in [0.3, 0.4) is 0 Å². The number of aromatic nitrogens is 2. The number of amides is 1. The molecule has 0 radical (unpaired) electrons. The number of likely N-dealkylation sites (tertiary alicyclic amines) is 1. The van der Waals surface area contributed by atoms with E-state index in [1.54, 1.807) is 10.9 Å². The number of nitrogens with one attached hydrogen (secondary N) is 1.